The Kier molecular flexibility index (Phi) is 7.19. The highest BCUT2D eigenvalue weighted by Crippen LogP contribution is 2.23. The summed E-state index contributed by atoms with van der Waals surface area (Å²) in [6, 6.07) is 14.2. The standard InChI is InChI=1S/C22H24ClN5O2/c1-15(2)13-19(16-6-8-17(23)9-7-16)25-21(29)22(30)26-20-10-12-28(27-20)14-18-5-3-4-11-24-18/h3-12,15,19H,13-14H2,1-2H3,(H,25,29)(H,26,27,30)/t19-/m0/s1. The number of amides is 2. The van der Waals surface area contributed by atoms with Crippen LogP contribution in [0.4, 0.5) is 5.82 Å². The van der Waals surface area contributed by atoms with E-state index >= 15 is 0 Å². The summed E-state index contributed by atoms with van der Waals surface area (Å²) in [5.41, 5.74) is 1.74. The number of pyridine rings is 1. The van der Waals surface area contributed by atoms with Gasteiger partial charge in [0.25, 0.3) is 0 Å². The number of hydrogen-bond acceptors (Lipinski definition) is 4. The number of nitrogens with zero attached hydrogens (tertiary/aromatic N) is 3. The predicted octanol–water partition coefficient (Wildman–Crippen LogP) is 3.82. The molecule has 0 unspecified atom stereocenters. The van der Waals surface area contributed by atoms with Gasteiger partial charge in [-0.05, 0) is 42.2 Å². The smallest absolute Gasteiger partial charge is 0.314 e. The summed E-state index contributed by atoms with van der Waals surface area (Å²) in [5, 5.41) is 10.2. The molecule has 3 rings (SSSR count). The molecule has 2 amide bonds. The Balaban J connectivity index is 1.61. The van der Waals surface area contributed by atoms with E-state index in [1.54, 1.807) is 35.3 Å². The number of anilines is 1. The number of benzene rings is 1. The van der Waals surface area contributed by atoms with Crippen LogP contribution in [0.25, 0.3) is 0 Å². The molecule has 3 aromatic rings. The van der Waals surface area contributed by atoms with Crippen molar-refractivity contribution in [3.05, 3.63) is 77.2 Å². The third-order valence-electron chi connectivity index (χ3n) is 4.42. The van der Waals surface area contributed by atoms with Crippen molar-refractivity contribution in [3.63, 3.8) is 0 Å². The van der Waals surface area contributed by atoms with Gasteiger partial charge in [0.15, 0.2) is 5.82 Å². The summed E-state index contributed by atoms with van der Waals surface area (Å²) < 4.78 is 1.64. The maximum Gasteiger partial charge on any atom is 0.314 e. The normalized spacial score (nSPS) is 11.9. The molecule has 2 N–H and O–H groups in total. The number of aromatic nitrogens is 3. The van der Waals surface area contributed by atoms with Gasteiger partial charge >= 0.3 is 11.8 Å². The van der Waals surface area contributed by atoms with E-state index in [9.17, 15) is 9.59 Å². The molecule has 7 nitrogen and oxygen atoms in total. The van der Waals surface area contributed by atoms with E-state index < -0.39 is 11.8 Å². The van der Waals surface area contributed by atoms with E-state index in [1.807, 2.05) is 30.3 Å². The second-order valence-electron chi connectivity index (χ2n) is 7.38. The van der Waals surface area contributed by atoms with Crippen molar-refractivity contribution in [1.82, 2.24) is 20.1 Å². The summed E-state index contributed by atoms with van der Waals surface area (Å²) in [4.78, 5) is 29.1. The predicted molar refractivity (Wildman–Crippen MR) is 116 cm³/mol. The minimum atomic E-state index is -0.763. The highest BCUT2D eigenvalue weighted by Gasteiger charge is 2.21. The zero-order chi connectivity index (χ0) is 21.5. The lowest BCUT2D eigenvalue weighted by Gasteiger charge is -2.21. The molecule has 0 aliphatic heterocycles. The highest BCUT2D eigenvalue weighted by atomic mass is 35.5. The number of carbonyl (C=O) groups excluding carboxylic acids is 2. The quantitative estimate of drug-likeness (QED) is 0.563. The van der Waals surface area contributed by atoms with Crippen molar-refractivity contribution < 1.29 is 9.59 Å². The first kappa shape index (κ1) is 21.5. The Morgan fingerprint density at radius 1 is 1.07 bits per heavy atom. The lowest BCUT2D eigenvalue weighted by molar-refractivity contribution is -0.136. The number of halogens is 1. The average Bonchev–Trinajstić information content (AvgIpc) is 3.15. The van der Waals surface area contributed by atoms with Crippen LogP contribution in [-0.4, -0.2) is 26.6 Å². The topological polar surface area (TPSA) is 88.9 Å². The average molecular weight is 426 g/mol. The fourth-order valence-electron chi connectivity index (χ4n) is 3.02. The first-order valence-corrected chi connectivity index (χ1v) is 10.1. The van der Waals surface area contributed by atoms with Crippen molar-refractivity contribution in [2.45, 2.75) is 32.9 Å². The van der Waals surface area contributed by atoms with Crippen molar-refractivity contribution >= 4 is 29.2 Å². The summed E-state index contributed by atoms with van der Waals surface area (Å²) in [7, 11) is 0. The van der Waals surface area contributed by atoms with E-state index in [2.05, 4.69) is 34.6 Å². The van der Waals surface area contributed by atoms with Crippen molar-refractivity contribution in [2.24, 2.45) is 5.92 Å². The van der Waals surface area contributed by atoms with E-state index in [4.69, 9.17) is 11.6 Å². The molecule has 0 saturated carbocycles. The van der Waals surface area contributed by atoms with Crippen molar-refractivity contribution in [1.29, 1.82) is 0 Å². The van der Waals surface area contributed by atoms with E-state index in [0.29, 0.717) is 29.7 Å². The summed E-state index contributed by atoms with van der Waals surface area (Å²) in [6.45, 7) is 4.59. The van der Waals surface area contributed by atoms with Crippen LogP contribution in [0, 0.1) is 5.92 Å². The van der Waals surface area contributed by atoms with Gasteiger partial charge in [-0.1, -0.05) is 43.6 Å². The zero-order valence-electron chi connectivity index (χ0n) is 16.9. The SMILES string of the molecule is CC(C)C[C@H](NC(=O)C(=O)Nc1ccn(Cc2ccccn2)n1)c1ccc(Cl)cc1. The summed E-state index contributed by atoms with van der Waals surface area (Å²) >= 11 is 5.96. The van der Waals surface area contributed by atoms with Crippen LogP contribution in [0.1, 0.15) is 37.6 Å². The van der Waals surface area contributed by atoms with Gasteiger partial charge < -0.3 is 10.6 Å². The second kappa shape index (κ2) is 10.0. The van der Waals surface area contributed by atoms with E-state index in [1.165, 1.54) is 0 Å². The highest BCUT2D eigenvalue weighted by molar-refractivity contribution is 6.39. The molecule has 1 aromatic carbocycles. The molecule has 156 valence electrons. The Bertz CT molecular complexity index is 986. The van der Waals surface area contributed by atoms with Gasteiger partial charge in [0.1, 0.15) is 0 Å². The Morgan fingerprint density at radius 2 is 1.83 bits per heavy atom. The summed E-state index contributed by atoms with van der Waals surface area (Å²) in [5.74, 6) is -0.843. The van der Waals surface area contributed by atoms with Crippen LogP contribution in [-0.2, 0) is 16.1 Å². The molecule has 0 bridgehead atoms. The van der Waals surface area contributed by atoms with Crippen LogP contribution < -0.4 is 10.6 Å². The number of rotatable bonds is 7. The van der Waals surface area contributed by atoms with Gasteiger partial charge in [-0.3, -0.25) is 19.3 Å². The van der Waals surface area contributed by atoms with Crippen LogP contribution in [0.2, 0.25) is 5.02 Å². The minimum absolute atomic E-state index is 0.290. The molecule has 0 radical (unpaired) electrons. The Labute approximate surface area is 180 Å². The fourth-order valence-corrected chi connectivity index (χ4v) is 3.14. The van der Waals surface area contributed by atoms with Gasteiger partial charge in [0.2, 0.25) is 0 Å². The lowest BCUT2D eigenvalue weighted by Crippen LogP contribution is -2.38. The molecule has 0 aliphatic carbocycles. The first-order valence-electron chi connectivity index (χ1n) is 9.71. The monoisotopic (exact) mass is 425 g/mol. The molecular weight excluding hydrogens is 402 g/mol. The second-order valence-corrected chi connectivity index (χ2v) is 7.82. The number of carbonyl (C=O) groups is 2. The molecule has 0 fully saturated rings. The largest absolute Gasteiger partial charge is 0.341 e. The van der Waals surface area contributed by atoms with Gasteiger partial charge in [-0.15, -0.1) is 0 Å². The van der Waals surface area contributed by atoms with Crippen molar-refractivity contribution in [3.8, 4) is 0 Å². The Morgan fingerprint density at radius 3 is 2.50 bits per heavy atom. The van der Waals surface area contributed by atoms with E-state index in [-0.39, 0.29) is 6.04 Å². The molecule has 0 aliphatic rings. The van der Waals surface area contributed by atoms with Gasteiger partial charge in [-0.2, -0.15) is 5.10 Å². The Hall–Kier alpha value is -3.19. The zero-order valence-corrected chi connectivity index (χ0v) is 17.6. The molecule has 8 heteroatoms. The number of hydrogen-bond donors (Lipinski definition) is 2. The fraction of sp³-hybridized carbons (Fsp3) is 0.273. The number of nitrogens with one attached hydrogen (secondary N) is 2. The van der Waals surface area contributed by atoms with Crippen LogP contribution >= 0.6 is 11.6 Å². The molecule has 30 heavy (non-hydrogen) atoms. The maximum absolute atomic E-state index is 12.5. The van der Waals surface area contributed by atoms with Crippen LogP contribution in [0.15, 0.2) is 60.9 Å². The van der Waals surface area contributed by atoms with Crippen molar-refractivity contribution in [2.75, 3.05) is 5.32 Å². The molecule has 2 heterocycles. The molecule has 0 spiro atoms. The molecule has 2 aromatic heterocycles. The van der Waals surface area contributed by atoms with Crippen LogP contribution in [0.3, 0.4) is 0 Å². The molecule has 0 saturated heterocycles. The molecule has 1 atom stereocenters. The van der Waals surface area contributed by atoms with Crippen LogP contribution in [0.5, 0.6) is 0 Å². The third kappa shape index (κ3) is 6.15. The summed E-state index contributed by atoms with van der Waals surface area (Å²) in [6.07, 6.45) is 4.12. The first-order chi connectivity index (χ1) is 14.4. The lowest BCUT2D eigenvalue weighted by atomic mass is 9.97. The third-order valence-corrected chi connectivity index (χ3v) is 4.68. The maximum atomic E-state index is 12.5. The minimum Gasteiger partial charge on any atom is -0.341 e. The van der Waals surface area contributed by atoms with Gasteiger partial charge in [0, 0.05) is 23.5 Å². The van der Waals surface area contributed by atoms with Gasteiger partial charge in [0.05, 0.1) is 18.3 Å². The molecular formula is C22H24ClN5O2. The van der Waals surface area contributed by atoms with E-state index in [0.717, 1.165) is 11.3 Å². The van der Waals surface area contributed by atoms with Gasteiger partial charge in [-0.25, -0.2) is 0 Å².